The maximum absolute atomic E-state index is 11.9. The first-order chi connectivity index (χ1) is 17.0. The lowest BCUT2D eigenvalue weighted by atomic mass is 10.0. The van der Waals surface area contributed by atoms with Crippen LogP contribution in [0.2, 0.25) is 0 Å². The molecule has 0 aliphatic rings. The van der Waals surface area contributed by atoms with Crippen molar-refractivity contribution in [3.8, 4) is 28.3 Å². The molecule has 0 saturated carbocycles. The molecular weight excluding hydrogens is 436 g/mol. The molecule has 0 bridgehead atoms. The van der Waals surface area contributed by atoms with Gasteiger partial charge in [0.05, 0.1) is 5.92 Å². The van der Waals surface area contributed by atoms with Crippen molar-refractivity contribution in [3.05, 3.63) is 66.5 Å². The van der Waals surface area contributed by atoms with Gasteiger partial charge in [0.25, 0.3) is 0 Å². The van der Waals surface area contributed by atoms with Crippen LogP contribution in [0.15, 0.2) is 60.9 Å². The van der Waals surface area contributed by atoms with E-state index in [0.717, 1.165) is 41.1 Å². The summed E-state index contributed by atoms with van der Waals surface area (Å²) < 4.78 is 11.2. The molecule has 2 atom stereocenters. The molecular formula is C30H38N2O3. The van der Waals surface area contributed by atoms with E-state index in [0.29, 0.717) is 6.61 Å². The van der Waals surface area contributed by atoms with Crippen molar-refractivity contribution in [2.24, 2.45) is 5.92 Å². The van der Waals surface area contributed by atoms with E-state index in [-0.39, 0.29) is 18.0 Å². The van der Waals surface area contributed by atoms with Crippen LogP contribution in [0.5, 0.6) is 5.75 Å². The SMILES string of the molecule is CCCCCCc1cnc(-c2ccc(-c3ccc(OCC(C)OC(=O)C(C)CC)cc3)cc2)nc1. The average Bonchev–Trinajstić information content (AvgIpc) is 2.90. The number of ether oxygens (including phenoxy) is 2. The molecule has 0 spiro atoms. The van der Waals surface area contributed by atoms with Crippen LogP contribution in [-0.2, 0) is 16.0 Å². The third-order valence-corrected chi connectivity index (χ3v) is 6.17. The van der Waals surface area contributed by atoms with Gasteiger partial charge in [-0.15, -0.1) is 0 Å². The quantitative estimate of drug-likeness (QED) is 0.192. The molecule has 0 N–H and O–H groups in total. The minimum Gasteiger partial charge on any atom is -0.490 e. The number of carbonyl (C=O) groups excluding carboxylic acids is 1. The lowest BCUT2D eigenvalue weighted by molar-refractivity contribution is -0.154. The molecule has 2 aromatic carbocycles. The topological polar surface area (TPSA) is 61.3 Å². The summed E-state index contributed by atoms with van der Waals surface area (Å²) in [5.41, 5.74) is 4.42. The van der Waals surface area contributed by atoms with Crippen molar-refractivity contribution in [2.75, 3.05) is 6.61 Å². The van der Waals surface area contributed by atoms with E-state index >= 15 is 0 Å². The predicted molar refractivity (Wildman–Crippen MR) is 141 cm³/mol. The molecule has 2 unspecified atom stereocenters. The van der Waals surface area contributed by atoms with Crippen LogP contribution < -0.4 is 4.74 Å². The first-order valence-electron chi connectivity index (χ1n) is 12.8. The van der Waals surface area contributed by atoms with Gasteiger partial charge in [0.15, 0.2) is 5.82 Å². The van der Waals surface area contributed by atoms with Crippen LogP contribution in [-0.4, -0.2) is 28.6 Å². The summed E-state index contributed by atoms with van der Waals surface area (Å²) in [6, 6.07) is 16.2. The van der Waals surface area contributed by atoms with Crippen molar-refractivity contribution >= 4 is 5.97 Å². The Kier molecular flexibility index (Phi) is 10.3. The van der Waals surface area contributed by atoms with E-state index in [1.165, 1.54) is 31.2 Å². The fraction of sp³-hybridized carbons (Fsp3) is 0.433. The zero-order chi connectivity index (χ0) is 25.0. The number of aryl methyl sites for hydroxylation is 1. The largest absolute Gasteiger partial charge is 0.490 e. The number of unbranched alkanes of at least 4 members (excludes halogenated alkanes) is 3. The number of rotatable bonds is 13. The molecule has 186 valence electrons. The highest BCUT2D eigenvalue weighted by molar-refractivity contribution is 5.72. The normalized spacial score (nSPS) is 12.7. The molecule has 1 aromatic heterocycles. The Morgan fingerprint density at radius 3 is 2.03 bits per heavy atom. The van der Waals surface area contributed by atoms with Gasteiger partial charge < -0.3 is 9.47 Å². The first kappa shape index (κ1) is 26.4. The van der Waals surface area contributed by atoms with Gasteiger partial charge in [0.1, 0.15) is 18.5 Å². The zero-order valence-electron chi connectivity index (χ0n) is 21.5. The van der Waals surface area contributed by atoms with E-state index in [2.05, 4.69) is 41.2 Å². The second-order valence-electron chi connectivity index (χ2n) is 9.20. The Balaban J connectivity index is 1.52. The number of esters is 1. The van der Waals surface area contributed by atoms with Crippen LogP contribution in [0, 0.1) is 5.92 Å². The standard InChI is InChI=1S/C30H38N2O3/c1-5-7-8-9-10-24-19-31-29(32-20-24)27-13-11-25(12-14-27)26-15-17-28(18-16-26)34-21-23(4)35-30(33)22(3)6-2/h11-20,22-23H,5-10,21H2,1-4H3. The molecule has 0 aliphatic heterocycles. The van der Waals surface area contributed by atoms with E-state index in [9.17, 15) is 4.79 Å². The Bertz CT molecular complexity index is 1030. The minimum atomic E-state index is -0.291. The molecule has 5 nitrogen and oxygen atoms in total. The van der Waals surface area contributed by atoms with E-state index in [4.69, 9.17) is 9.47 Å². The summed E-state index contributed by atoms with van der Waals surface area (Å²) in [5.74, 6) is 1.24. The summed E-state index contributed by atoms with van der Waals surface area (Å²) >= 11 is 0. The second kappa shape index (κ2) is 13.6. The van der Waals surface area contributed by atoms with Gasteiger partial charge in [-0.1, -0.05) is 76.4 Å². The third-order valence-electron chi connectivity index (χ3n) is 6.17. The molecule has 1 heterocycles. The summed E-state index contributed by atoms with van der Waals surface area (Å²) in [6.45, 7) is 8.25. The summed E-state index contributed by atoms with van der Waals surface area (Å²) in [4.78, 5) is 21.0. The molecule has 5 heteroatoms. The third kappa shape index (κ3) is 8.20. The maximum atomic E-state index is 11.9. The monoisotopic (exact) mass is 474 g/mol. The Labute approximate surface area is 209 Å². The van der Waals surface area contributed by atoms with Gasteiger partial charge in [-0.05, 0) is 55.0 Å². The highest BCUT2D eigenvalue weighted by Gasteiger charge is 2.16. The number of carbonyl (C=O) groups is 1. The van der Waals surface area contributed by atoms with E-state index in [1.807, 2.05) is 57.4 Å². The Hall–Kier alpha value is -3.21. The highest BCUT2D eigenvalue weighted by atomic mass is 16.6. The summed E-state index contributed by atoms with van der Waals surface area (Å²) in [6.07, 6.45) is 10.4. The molecule has 35 heavy (non-hydrogen) atoms. The molecule has 3 rings (SSSR count). The summed E-state index contributed by atoms with van der Waals surface area (Å²) in [7, 11) is 0. The van der Waals surface area contributed by atoms with Crippen LogP contribution in [0.25, 0.3) is 22.5 Å². The lowest BCUT2D eigenvalue weighted by Crippen LogP contribution is -2.25. The van der Waals surface area contributed by atoms with Gasteiger partial charge in [-0.25, -0.2) is 9.97 Å². The van der Waals surface area contributed by atoms with Crippen LogP contribution in [0.3, 0.4) is 0 Å². The first-order valence-corrected chi connectivity index (χ1v) is 12.8. The second-order valence-corrected chi connectivity index (χ2v) is 9.20. The van der Waals surface area contributed by atoms with Gasteiger partial charge in [-0.3, -0.25) is 4.79 Å². The van der Waals surface area contributed by atoms with Crippen LogP contribution in [0.4, 0.5) is 0 Å². The van der Waals surface area contributed by atoms with Crippen molar-refractivity contribution in [2.45, 2.75) is 72.3 Å². The highest BCUT2D eigenvalue weighted by Crippen LogP contribution is 2.25. The minimum absolute atomic E-state index is 0.0885. The molecule has 3 aromatic rings. The van der Waals surface area contributed by atoms with Crippen molar-refractivity contribution in [1.29, 1.82) is 0 Å². The van der Waals surface area contributed by atoms with Crippen molar-refractivity contribution in [1.82, 2.24) is 9.97 Å². The van der Waals surface area contributed by atoms with Gasteiger partial charge >= 0.3 is 5.97 Å². The van der Waals surface area contributed by atoms with Crippen LogP contribution in [0.1, 0.15) is 65.4 Å². The number of nitrogens with zero attached hydrogens (tertiary/aromatic N) is 2. The van der Waals surface area contributed by atoms with Crippen molar-refractivity contribution in [3.63, 3.8) is 0 Å². The Morgan fingerprint density at radius 2 is 1.43 bits per heavy atom. The number of benzene rings is 2. The fourth-order valence-electron chi connectivity index (χ4n) is 3.67. The fourth-order valence-corrected chi connectivity index (χ4v) is 3.67. The van der Waals surface area contributed by atoms with Gasteiger partial charge in [0.2, 0.25) is 0 Å². The molecule has 0 saturated heterocycles. The number of hydrogen-bond acceptors (Lipinski definition) is 5. The van der Waals surface area contributed by atoms with E-state index in [1.54, 1.807) is 0 Å². The van der Waals surface area contributed by atoms with E-state index < -0.39 is 0 Å². The van der Waals surface area contributed by atoms with Gasteiger partial charge in [0, 0.05) is 18.0 Å². The van der Waals surface area contributed by atoms with Crippen molar-refractivity contribution < 1.29 is 14.3 Å². The molecule has 0 radical (unpaired) electrons. The average molecular weight is 475 g/mol. The molecule has 0 amide bonds. The van der Waals surface area contributed by atoms with Gasteiger partial charge in [-0.2, -0.15) is 0 Å². The summed E-state index contributed by atoms with van der Waals surface area (Å²) in [5, 5.41) is 0. The molecule has 0 aliphatic carbocycles. The maximum Gasteiger partial charge on any atom is 0.309 e. The predicted octanol–water partition coefficient (Wildman–Crippen LogP) is 7.29. The smallest absolute Gasteiger partial charge is 0.309 e. The number of aromatic nitrogens is 2. The Morgan fingerprint density at radius 1 is 0.829 bits per heavy atom. The lowest BCUT2D eigenvalue weighted by Gasteiger charge is -2.16. The zero-order valence-corrected chi connectivity index (χ0v) is 21.5. The molecule has 0 fully saturated rings. The van der Waals surface area contributed by atoms with Crippen LogP contribution >= 0.6 is 0 Å². The number of hydrogen-bond donors (Lipinski definition) is 0.